The molecular weight excluding hydrogens is 481 g/mol. The highest BCUT2D eigenvalue weighted by Crippen LogP contribution is 2.59. The van der Waals surface area contributed by atoms with Crippen LogP contribution in [0.1, 0.15) is 68.1 Å². The summed E-state index contributed by atoms with van der Waals surface area (Å²) in [7, 11) is 0. The van der Waals surface area contributed by atoms with Gasteiger partial charge in [-0.1, -0.05) is 18.2 Å². The first kappa shape index (κ1) is 25.4. The summed E-state index contributed by atoms with van der Waals surface area (Å²) in [6.45, 7) is 6.59. The fourth-order valence-electron chi connectivity index (χ4n) is 5.96. The number of piperidine rings is 1. The maximum Gasteiger partial charge on any atom is 0.416 e. The SMILES string of the molecule is CC(=O)N1CCC2(CC1)CC(O)(c1ccc3nc(C)nc(N[C@H](C)c4cccc(C(F)(F)F)c4)c3c1)C2. The average molecular weight is 513 g/mol. The van der Waals surface area contributed by atoms with Crippen LogP contribution in [0.15, 0.2) is 42.5 Å². The van der Waals surface area contributed by atoms with Gasteiger partial charge in [-0.15, -0.1) is 0 Å². The number of carbonyl (C=O) groups is 1. The Morgan fingerprint density at radius 1 is 1.11 bits per heavy atom. The van der Waals surface area contributed by atoms with Gasteiger partial charge in [-0.05, 0) is 80.3 Å². The van der Waals surface area contributed by atoms with Crippen molar-refractivity contribution in [2.45, 2.75) is 64.3 Å². The van der Waals surface area contributed by atoms with E-state index < -0.39 is 23.4 Å². The van der Waals surface area contributed by atoms with Crippen LogP contribution in [0.3, 0.4) is 0 Å². The summed E-state index contributed by atoms with van der Waals surface area (Å²) in [6, 6.07) is 10.5. The minimum Gasteiger partial charge on any atom is -0.385 e. The van der Waals surface area contributed by atoms with Crippen LogP contribution < -0.4 is 5.32 Å². The van der Waals surface area contributed by atoms with E-state index in [-0.39, 0.29) is 11.3 Å². The van der Waals surface area contributed by atoms with Crippen molar-refractivity contribution in [2.24, 2.45) is 5.41 Å². The number of amides is 1. The lowest BCUT2D eigenvalue weighted by molar-refractivity contribution is -0.160. The van der Waals surface area contributed by atoms with E-state index in [1.807, 2.05) is 23.1 Å². The molecule has 1 amide bonds. The second-order valence-electron chi connectivity index (χ2n) is 10.7. The fraction of sp³-hybridized carbons (Fsp3) is 0.464. The maximum absolute atomic E-state index is 13.2. The van der Waals surface area contributed by atoms with E-state index in [2.05, 4.69) is 15.3 Å². The Labute approximate surface area is 213 Å². The number of benzene rings is 2. The van der Waals surface area contributed by atoms with Crippen molar-refractivity contribution in [3.8, 4) is 0 Å². The minimum atomic E-state index is -4.42. The molecule has 1 aliphatic heterocycles. The van der Waals surface area contributed by atoms with Gasteiger partial charge >= 0.3 is 6.18 Å². The van der Waals surface area contributed by atoms with Gasteiger partial charge in [0.25, 0.3) is 0 Å². The van der Waals surface area contributed by atoms with Gasteiger partial charge in [0.1, 0.15) is 11.6 Å². The molecule has 6 nitrogen and oxygen atoms in total. The van der Waals surface area contributed by atoms with Crippen LogP contribution in [0.25, 0.3) is 10.9 Å². The van der Waals surface area contributed by atoms with E-state index in [4.69, 9.17) is 0 Å². The molecule has 1 atom stereocenters. The molecule has 196 valence electrons. The molecule has 1 saturated heterocycles. The van der Waals surface area contributed by atoms with Gasteiger partial charge < -0.3 is 15.3 Å². The monoisotopic (exact) mass is 512 g/mol. The normalized spacial score (nSPS) is 19.5. The lowest BCUT2D eigenvalue weighted by Gasteiger charge is -2.57. The van der Waals surface area contributed by atoms with Crippen molar-refractivity contribution in [3.63, 3.8) is 0 Å². The molecule has 0 bridgehead atoms. The zero-order chi connectivity index (χ0) is 26.6. The smallest absolute Gasteiger partial charge is 0.385 e. The number of fused-ring (bicyclic) bond motifs is 1. The molecule has 0 radical (unpaired) electrons. The number of aryl methyl sites for hydroxylation is 1. The summed E-state index contributed by atoms with van der Waals surface area (Å²) in [5.41, 5.74) is 0.343. The first-order chi connectivity index (χ1) is 17.4. The largest absolute Gasteiger partial charge is 0.416 e. The number of carbonyl (C=O) groups excluding carboxylic acids is 1. The maximum atomic E-state index is 13.2. The van der Waals surface area contributed by atoms with Gasteiger partial charge in [-0.3, -0.25) is 4.79 Å². The number of halogens is 3. The average Bonchev–Trinajstić information content (AvgIpc) is 2.82. The summed E-state index contributed by atoms with van der Waals surface area (Å²) in [5.74, 6) is 1.15. The number of nitrogens with zero attached hydrogens (tertiary/aromatic N) is 3. The third-order valence-electron chi connectivity index (χ3n) is 8.02. The van der Waals surface area contributed by atoms with Crippen LogP contribution in [-0.2, 0) is 16.6 Å². The van der Waals surface area contributed by atoms with Crippen molar-refractivity contribution in [2.75, 3.05) is 18.4 Å². The third-order valence-corrected chi connectivity index (χ3v) is 8.02. The van der Waals surface area contributed by atoms with Gasteiger partial charge in [0, 0.05) is 31.4 Å². The predicted molar refractivity (Wildman–Crippen MR) is 135 cm³/mol. The van der Waals surface area contributed by atoms with E-state index >= 15 is 0 Å². The number of rotatable bonds is 4. The highest BCUT2D eigenvalue weighted by molar-refractivity contribution is 5.90. The highest BCUT2D eigenvalue weighted by Gasteiger charge is 2.55. The van der Waals surface area contributed by atoms with Crippen LogP contribution in [0.4, 0.5) is 19.0 Å². The van der Waals surface area contributed by atoms with Crippen molar-refractivity contribution in [1.29, 1.82) is 0 Å². The molecule has 3 aromatic rings. The molecule has 0 unspecified atom stereocenters. The number of alkyl halides is 3. The molecule has 2 aliphatic rings. The molecule has 2 N–H and O–H groups in total. The van der Waals surface area contributed by atoms with Crippen molar-refractivity contribution >= 4 is 22.6 Å². The number of aromatic nitrogens is 2. The first-order valence-corrected chi connectivity index (χ1v) is 12.6. The molecule has 1 aliphatic carbocycles. The Bertz CT molecular complexity index is 1340. The lowest BCUT2D eigenvalue weighted by Crippen LogP contribution is -2.55. The second kappa shape index (κ2) is 8.97. The number of aliphatic hydroxyl groups is 1. The van der Waals surface area contributed by atoms with E-state index in [1.54, 1.807) is 26.8 Å². The van der Waals surface area contributed by atoms with E-state index in [0.717, 1.165) is 43.6 Å². The Hall–Kier alpha value is -3.20. The molecule has 9 heteroatoms. The number of hydrogen-bond donors (Lipinski definition) is 2. The Kier molecular flexibility index (Phi) is 6.17. The summed E-state index contributed by atoms with van der Waals surface area (Å²) < 4.78 is 39.7. The molecule has 1 aromatic heterocycles. The zero-order valence-corrected chi connectivity index (χ0v) is 21.2. The van der Waals surface area contributed by atoms with Gasteiger partial charge in [0.15, 0.2) is 0 Å². The molecule has 37 heavy (non-hydrogen) atoms. The highest BCUT2D eigenvalue weighted by atomic mass is 19.4. The topological polar surface area (TPSA) is 78.4 Å². The molecular formula is C28H31F3N4O2. The standard InChI is InChI=1S/C28H31F3N4O2/c1-17(20-5-4-6-22(13-20)28(29,30)31)32-25-23-14-21(7-8-24(23)33-18(2)34-25)27(37)15-26(16-27)9-11-35(12-10-26)19(3)36/h4-8,13-14,17,37H,9-12,15-16H2,1-3H3,(H,32,33,34)/t17-/m1/s1. The minimum absolute atomic E-state index is 0.0402. The fourth-order valence-corrected chi connectivity index (χ4v) is 5.96. The van der Waals surface area contributed by atoms with Gasteiger partial charge in [-0.25, -0.2) is 9.97 Å². The predicted octanol–water partition coefficient (Wildman–Crippen LogP) is 5.74. The Morgan fingerprint density at radius 2 is 1.81 bits per heavy atom. The summed E-state index contributed by atoms with van der Waals surface area (Å²) in [5, 5.41) is 15.5. The van der Waals surface area contributed by atoms with Crippen LogP contribution >= 0.6 is 0 Å². The van der Waals surface area contributed by atoms with E-state index in [9.17, 15) is 23.1 Å². The van der Waals surface area contributed by atoms with Gasteiger partial charge in [0.2, 0.25) is 5.91 Å². The molecule has 2 aromatic carbocycles. The van der Waals surface area contributed by atoms with Crippen LogP contribution in [0.5, 0.6) is 0 Å². The quantitative estimate of drug-likeness (QED) is 0.466. The van der Waals surface area contributed by atoms with E-state index in [0.29, 0.717) is 41.0 Å². The molecule has 2 heterocycles. The van der Waals surface area contributed by atoms with Crippen molar-refractivity contribution in [3.05, 3.63) is 65.0 Å². The van der Waals surface area contributed by atoms with Crippen LogP contribution in [0, 0.1) is 12.3 Å². The van der Waals surface area contributed by atoms with Crippen molar-refractivity contribution in [1.82, 2.24) is 14.9 Å². The Morgan fingerprint density at radius 3 is 2.46 bits per heavy atom. The summed E-state index contributed by atoms with van der Waals surface area (Å²) >= 11 is 0. The number of likely N-dealkylation sites (tertiary alicyclic amines) is 1. The summed E-state index contributed by atoms with van der Waals surface area (Å²) in [4.78, 5) is 22.6. The Balaban J connectivity index is 1.40. The van der Waals surface area contributed by atoms with Crippen LogP contribution in [-0.4, -0.2) is 39.0 Å². The molecule has 2 fully saturated rings. The van der Waals surface area contributed by atoms with Gasteiger partial charge in [0.05, 0.1) is 16.7 Å². The molecule has 1 saturated carbocycles. The van der Waals surface area contributed by atoms with Gasteiger partial charge in [-0.2, -0.15) is 13.2 Å². The third kappa shape index (κ3) is 4.89. The number of nitrogens with one attached hydrogen (secondary N) is 1. The van der Waals surface area contributed by atoms with Crippen molar-refractivity contribution < 1.29 is 23.1 Å². The number of hydrogen-bond acceptors (Lipinski definition) is 5. The zero-order valence-electron chi connectivity index (χ0n) is 21.2. The lowest BCUT2D eigenvalue weighted by atomic mass is 9.53. The summed E-state index contributed by atoms with van der Waals surface area (Å²) in [6.07, 6.45) is -1.39. The van der Waals surface area contributed by atoms with Crippen LogP contribution in [0.2, 0.25) is 0 Å². The number of anilines is 1. The molecule has 1 spiro atoms. The molecule has 5 rings (SSSR count). The second-order valence-corrected chi connectivity index (χ2v) is 10.7. The first-order valence-electron chi connectivity index (χ1n) is 12.6. The van der Waals surface area contributed by atoms with E-state index in [1.165, 1.54) is 6.07 Å².